The van der Waals surface area contributed by atoms with E-state index in [9.17, 15) is 9.90 Å². The van der Waals surface area contributed by atoms with Gasteiger partial charge in [-0.1, -0.05) is 0 Å². The number of nitrogens with zero attached hydrogens (tertiary/aromatic N) is 1. The van der Waals surface area contributed by atoms with E-state index >= 15 is 0 Å². The summed E-state index contributed by atoms with van der Waals surface area (Å²) in [6, 6.07) is 3.04. The minimum atomic E-state index is -1.18. The monoisotopic (exact) mass is 175 g/mol. The van der Waals surface area contributed by atoms with Crippen molar-refractivity contribution in [2.75, 3.05) is 0 Å². The molecule has 0 saturated carbocycles. The number of pyridine rings is 1. The van der Waals surface area contributed by atoms with Crippen LogP contribution in [0.5, 0.6) is 0 Å². The van der Waals surface area contributed by atoms with Crippen LogP contribution in [-0.2, 0) is 0 Å². The van der Waals surface area contributed by atoms with Gasteiger partial charge in [0.2, 0.25) is 0 Å². The number of aromatic carboxylic acids is 1. The summed E-state index contributed by atoms with van der Waals surface area (Å²) in [4.78, 5) is 14.1. The number of carboxylic acid groups (broad SMARTS) is 1. The molecule has 1 rings (SSSR count). The molecule has 0 aromatic carbocycles. The normalized spacial score (nSPS) is 8.45. The number of carbonyl (C=O) groups excluding carboxylic acids is 1. The molecule has 0 unspecified atom stereocenters. The van der Waals surface area contributed by atoms with Gasteiger partial charge in [0.25, 0.3) is 0 Å². The maximum absolute atomic E-state index is 10.3. The molecule has 0 radical (unpaired) electrons. The standard InChI is InChI=1S/C7H7NO2.K/c1-5-6(7(9)10)3-2-4-8-5;/h2-4H,1H3,(H,9,10);/q;+1/p-1. The van der Waals surface area contributed by atoms with E-state index in [0.717, 1.165) is 0 Å². The molecule has 0 amide bonds. The van der Waals surface area contributed by atoms with Crippen molar-refractivity contribution >= 4 is 5.97 Å². The molecule has 1 aromatic heterocycles. The number of aromatic nitrogens is 1. The molecule has 0 atom stereocenters. The van der Waals surface area contributed by atoms with Crippen molar-refractivity contribution in [3.05, 3.63) is 29.6 Å². The maximum atomic E-state index is 10.3. The van der Waals surface area contributed by atoms with Crippen molar-refractivity contribution in [3.8, 4) is 0 Å². The van der Waals surface area contributed by atoms with Crippen LogP contribution in [0.15, 0.2) is 18.3 Å². The van der Waals surface area contributed by atoms with Gasteiger partial charge in [0, 0.05) is 17.5 Å². The Labute approximate surface area is 107 Å². The molecule has 0 spiro atoms. The Morgan fingerprint density at radius 2 is 2.27 bits per heavy atom. The first-order valence-electron chi connectivity index (χ1n) is 2.85. The molecule has 4 heteroatoms. The summed E-state index contributed by atoms with van der Waals surface area (Å²) in [5.74, 6) is -1.18. The predicted molar refractivity (Wildman–Crippen MR) is 33.3 cm³/mol. The molecule has 0 aliphatic carbocycles. The van der Waals surface area contributed by atoms with E-state index < -0.39 is 5.97 Å². The third-order valence-electron chi connectivity index (χ3n) is 1.23. The summed E-state index contributed by atoms with van der Waals surface area (Å²) >= 11 is 0. The third-order valence-corrected chi connectivity index (χ3v) is 1.23. The summed E-state index contributed by atoms with van der Waals surface area (Å²) in [6.45, 7) is 1.63. The minimum Gasteiger partial charge on any atom is -0.545 e. The van der Waals surface area contributed by atoms with Crippen molar-refractivity contribution < 1.29 is 61.3 Å². The largest absolute Gasteiger partial charge is 1.00 e. The van der Waals surface area contributed by atoms with E-state index in [4.69, 9.17) is 0 Å². The summed E-state index contributed by atoms with van der Waals surface area (Å²) in [7, 11) is 0. The molecule has 0 aliphatic rings. The fourth-order valence-corrected chi connectivity index (χ4v) is 0.700. The zero-order chi connectivity index (χ0) is 7.56. The van der Waals surface area contributed by atoms with E-state index in [1.54, 1.807) is 19.2 Å². The third kappa shape index (κ3) is 3.00. The van der Waals surface area contributed by atoms with Crippen LogP contribution >= 0.6 is 0 Å². The molecule has 0 saturated heterocycles. The van der Waals surface area contributed by atoms with Crippen LogP contribution in [0.2, 0.25) is 0 Å². The van der Waals surface area contributed by atoms with Crippen molar-refractivity contribution in [2.45, 2.75) is 6.92 Å². The van der Waals surface area contributed by atoms with Gasteiger partial charge in [-0.05, 0) is 19.1 Å². The Kier molecular flexibility index (Phi) is 5.12. The van der Waals surface area contributed by atoms with Gasteiger partial charge in [0.05, 0.1) is 5.97 Å². The molecule has 0 fully saturated rings. The van der Waals surface area contributed by atoms with Crippen LogP contribution in [0, 0.1) is 6.92 Å². The van der Waals surface area contributed by atoms with Crippen LogP contribution in [0.25, 0.3) is 0 Å². The maximum Gasteiger partial charge on any atom is 1.00 e. The Bertz CT molecular complexity index is 262. The number of hydrogen-bond donors (Lipinski definition) is 0. The second kappa shape index (κ2) is 5.00. The van der Waals surface area contributed by atoms with E-state index in [2.05, 4.69) is 4.98 Å². The molecule has 11 heavy (non-hydrogen) atoms. The molecule has 3 nitrogen and oxygen atoms in total. The van der Waals surface area contributed by atoms with E-state index in [1.807, 2.05) is 0 Å². The van der Waals surface area contributed by atoms with E-state index in [-0.39, 0.29) is 56.9 Å². The summed E-state index contributed by atoms with van der Waals surface area (Å²) < 4.78 is 0. The van der Waals surface area contributed by atoms with Gasteiger partial charge < -0.3 is 9.90 Å². The average Bonchev–Trinajstić information content (AvgIpc) is 1.88. The molecule has 1 aromatic rings. The topological polar surface area (TPSA) is 53.0 Å². The first-order chi connectivity index (χ1) is 4.72. The molecule has 0 bridgehead atoms. The number of rotatable bonds is 1. The van der Waals surface area contributed by atoms with Crippen LogP contribution < -0.4 is 56.5 Å². The van der Waals surface area contributed by atoms with Gasteiger partial charge in [-0.3, -0.25) is 4.98 Å². The first kappa shape index (κ1) is 11.3. The van der Waals surface area contributed by atoms with Gasteiger partial charge in [0.15, 0.2) is 0 Å². The van der Waals surface area contributed by atoms with Gasteiger partial charge in [-0.15, -0.1) is 0 Å². The van der Waals surface area contributed by atoms with E-state index in [0.29, 0.717) is 5.69 Å². The Balaban J connectivity index is 0.000001000. The summed E-state index contributed by atoms with van der Waals surface area (Å²) in [5, 5.41) is 10.3. The average molecular weight is 175 g/mol. The number of hydrogen-bond acceptors (Lipinski definition) is 3. The van der Waals surface area contributed by atoms with Crippen molar-refractivity contribution in [2.24, 2.45) is 0 Å². The molecule has 1 heterocycles. The van der Waals surface area contributed by atoms with Crippen LogP contribution in [-0.4, -0.2) is 11.0 Å². The van der Waals surface area contributed by atoms with Gasteiger partial charge in [0.1, 0.15) is 0 Å². The number of carboxylic acids is 1. The zero-order valence-corrected chi connectivity index (χ0v) is 9.62. The second-order valence-corrected chi connectivity index (χ2v) is 1.92. The predicted octanol–water partition coefficient (Wildman–Crippen LogP) is -3.24. The molecule has 52 valence electrons. The summed E-state index contributed by atoms with van der Waals surface area (Å²) in [6.07, 6.45) is 1.54. The van der Waals surface area contributed by atoms with E-state index in [1.165, 1.54) is 6.07 Å². The molecular weight excluding hydrogens is 169 g/mol. The smallest absolute Gasteiger partial charge is 0.545 e. The number of aryl methyl sites for hydroxylation is 1. The number of carbonyl (C=O) groups is 1. The minimum absolute atomic E-state index is 0. The Morgan fingerprint density at radius 1 is 1.64 bits per heavy atom. The van der Waals surface area contributed by atoms with Crippen molar-refractivity contribution in [3.63, 3.8) is 0 Å². The fourth-order valence-electron chi connectivity index (χ4n) is 0.700. The van der Waals surface area contributed by atoms with Crippen LogP contribution in [0.3, 0.4) is 0 Å². The zero-order valence-electron chi connectivity index (χ0n) is 6.50. The van der Waals surface area contributed by atoms with Crippen molar-refractivity contribution in [1.82, 2.24) is 4.98 Å². The fraction of sp³-hybridized carbons (Fsp3) is 0.143. The first-order valence-corrected chi connectivity index (χ1v) is 2.85. The Hall–Kier alpha value is 0.256. The second-order valence-electron chi connectivity index (χ2n) is 1.92. The van der Waals surface area contributed by atoms with Gasteiger partial charge >= 0.3 is 51.4 Å². The SMILES string of the molecule is Cc1ncccc1C(=O)[O-].[K+]. The molecular formula is C7H6KNO2. The van der Waals surface area contributed by atoms with Gasteiger partial charge in [-0.25, -0.2) is 0 Å². The van der Waals surface area contributed by atoms with Crippen LogP contribution in [0.1, 0.15) is 16.1 Å². The summed E-state index contributed by atoms with van der Waals surface area (Å²) in [5.41, 5.74) is 0.644. The van der Waals surface area contributed by atoms with Crippen LogP contribution in [0.4, 0.5) is 0 Å². The molecule has 0 N–H and O–H groups in total. The van der Waals surface area contributed by atoms with Crippen molar-refractivity contribution in [1.29, 1.82) is 0 Å². The Morgan fingerprint density at radius 3 is 2.64 bits per heavy atom. The van der Waals surface area contributed by atoms with Gasteiger partial charge in [-0.2, -0.15) is 0 Å². The molecule has 0 aliphatic heterocycles. The quantitative estimate of drug-likeness (QED) is 0.421.